The molecule has 1 N–H and O–H groups in total. The monoisotopic (exact) mass is 246 g/mol. The number of amides is 1. The maximum Gasteiger partial charge on any atom is 0.345 e. The third-order valence-electron chi connectivity index (χ3n) is 2.60. The van der Waals surface area contributed by atoms with Gasteiger partial charge in [-0.1, -0.05) is 18.2 Å². The van der Waals surface area contributed by atoms with E-state index in [9.17, 15) is 9.59 Å². The Morgan fingerprint density at radius 3 is 2.72 bits per heavy atom. The van der Waals surface area contributed by atoms with Crippen LogP contribution in [0.15, 0.2) is 35.4 Å². The molecule has 2 rings (SSSR count). The van der Waals surface area contributed by atoms with E-state index in [2.05, 4.69) is 10.4 Å². The molecule has 0 fully saturated rings. The van der Waals surface area contributed by atoms with Crippen LogP contribution in [0.3, 0.4) is 0 Å². The number of aromatic nitrogens is 3. The van der Waals surface area contributed by atoms with Gasteiger partial charge in [-0.15, -0.1) is 0 Å². The van der Waals surface area contributed by atoms with Gasteiger partial charge in [0, 0.05) is 12.7 Å². The number of carbonyl (C=O) groups is 1. The average molecular weight is 246 g/mol. The number of hydrogen-bond acceptors (Lipinski definition) is 3. The molecule has 6 nitrogen and oxygen atoms in total. The Morgan fingerprint density at radius 2 is 2.11 bits per heavy atom. The number of benzene rings is 1. The summed E-state index contributed by atoms with van der Waals surface area (Å²) in [5, 5.41) is 6.57. The number of carbonyl (C=O) groups excluding carboxylic acids is 1. The minimum Gasteiger partial charge on any atom is -0.324 e. The van der Waals surface area contributed by atoms with E-state index in [0.29, 0.717) is 0 Å². The van der Waals surface area contributed by atoms with Crippen molar-refractivity contribution < 1.29 is 4.79 Å². The van der Waals surface area contributed by atoms with Gasteiger partial charge < -0.3 is 5.32 Å². The van der Waals surface area contributed by atoms with Gasteiger partial charge in [-0.25, -0.2) is 9.48 Å². The summed E-state index contributed by atoms with van der Waals surface area (Å²) in [5.41, 5.74) is 1.40. The summed E-state index contributed by atoms with van der Waals surface area (Å²) in [6.07, 6.45) is 1.38. The lowest BCUT2D eigenvalue weighted by molar-refractivity contribution is -0.117. The molecule has 2 aromatic rings. The van der Waals surface area contributed by atoms with Crippen LogP contribution in [-0.4, -0.2) is 20.3 Å². The predicted octanol–water partition coefficient (Wildman–Crippen LogP) is 0.529. The second-order valence-electron chi connectivity index (χ2n) is 4.05. The largest absolute Gasteiger partial charge is 0.345 e. The van der Waals surface area contributed by atoms with Crippen LogP contribution >= 0.6 is 0 Å². The molecule has 0 atom stereocenters. The fourth-order valence-electron chi connectivity index (χ4n) is 1.57. The number of hydrogen-bond donors (Lipinski definition) is 1. The summed E-state index contributed by atoms with van der Waals surface area (Å²) in [5.74, 6) is -0.273. The molecule has 0 aliphatic rings. The van der Waals surface area contributed by atoms with Gasteiger partial charge in [-0.2, -0.15) is 5.10 Å². The van der Waals surface area contributed by atoms with Gasteiger partial charge in [-0.05, 0) is 18.6 Å². The van der Waals surface area contributed by atoms with Crippen LogP contribution in [-0.2, 0) is 18.4 Å². The summed E-state index contributed by atoms with van der Waals surface area (Å²) in [6.45, 7) is 1.82. The van der Waals surface area contributed by atoms with Gasteiger partial charge in [0.2, 0.25) is 5.91 Å². The standard InChI is InChI=1S/C12H14N4O2/c1-9-5-3-4-6-10(9)14-11(17)7-16-12(18)15(2)8-13-16/h3-6,8H,7H2,1-2H3,(H,14,17). The number of aryl methyl sites for hydroxylation is 2. The van der Waals surface area contributed by atoms with E-state index in [1.165, 1.54) is 10.9 Å². The molecule has 1 heterocycles. The number of anilines is 1. The number of nitrogens with one attached hydrogen (secondary N) is 1. The van der Waals surface area contributed by atoms with Crippen molar-refractivity contribution in [1.29, 1.82) is 0 Å². The van der Waals surface area contributed by atoms with Crippen LogP contribution in [0.25, 0.3) is 0 Å². The van der Waals surface area contributed by atoms with Crippen molar-refractivity contribution in [3.05, 3.63) is 46.6 Å². The van der Waals surface area contributed by atoms with Gasteiger partial charge >= 0.3 is 5.69 Å². The Morgan fingerprint density at radius 1 is 1.39 bits per heavy atom. The number of para-hydroxylation sites is 1. The zero-order valence-corrected chi connectivity index (χ0v) is 10.3. The second-order valence-corrected chi connectivity index (χ2v) is 4.05. The van der Waals surface area contributed by atoms with Crippen molar-refractivity contribution in [1.82, 2.24) is 14.3 Å². The molecule has 0 saturated carbocycles. The third-order valence-corrected chi connectivity index (χ3v) is 2.60. The second kappa shape index (κ2) is 4.87. The third kappa shape index (κ3) is 2.48. The highest BCUT2D eigenvalue weighted by Gasteiger charge is 2.08. The normalized spacial score (nSPS) is 10.3. The molecule has 0 saturated heterocycles. The maximum atomic E-state index is 11.8. The minimum absolute atomic E-state index is 0.0893. The highest BCUT2D eigenvalue weighted by atomic mass is 16.2. The zero-order chi connectivity index (χ0) is 13.1. The van der Waals surface area contributed by atoms with Crippen LogP contribution in [0, 0.1) is 6.92 Å². The van der Waals surface area contributed by atoms with Gasteiger partial charge in [0.1, 0.15) is 12.9 Å². The molecule has 1 aromatic heterocycles. The highest BCUT2D eigenvalue weighted by Crippen LogP contribution is 2.12. The Labute approximate surface area is 104 Å². The first-order valence-electron chi connectivity index (χ1n) is 5.52. The van der Waals surface area contributed by atoms with Crippen molar-refractivity contribution in [3.63, 3.8) is 0 Å². The summed E-state index contributed by atoms with van der Waals surface area (Å²) in [7, 11) is 1.59. The molecule has 1 amide bonds. The van der Waals surface area contributed by atoms with E-state index in [-0.39, 0.29) is 18.1 Å². The van der Waals surface area contributed by atoms with E-state index in [1.54, 1.807) is 7.05 Å². The number of nitrogens with zero attached hydrogens (tertiary/aromatic N) is 3. The average Bonchev–Trinajstić information content (AvgIpc) is 2.64. The molecule has 0 unspecified atom stereocenters. The van der Waals surface area contributed by atoms with Crippen molar-refractivity contribution in [2.45, 2.75) is 13.5 Å². The van der Waals surface area contributed by atoms with Crippen LogP contribution < -0.4 is 11.0 Å². The molecule has 18 heavy (non-hydrogen) atoms. The SMILES string of the molecule is Cc1ccccc1NC(=O)Cn1ncn(C)c1=O. The lowest BCUT2D eigenvalue weighted by Crippen LogP contribution is -2.29. The van der Waals surface area contributed by atoms with E-state index < -0.39 is 0 Å². The fourth-order valence-corrected chi connectivity index (χ4v) is 1.57. The first-order valence-corrected chi connectivity index (χ1v) is 5.52. The molecule has 6 heteroatoms. The first kappa shape index (κ1) is 12.1. The predicted molar refractivity (Wildman–Crippen MR) is 67.3 cm³/mol. The van der Waals surface area contributed by atoms with Crippen LogP contribution in [0.2, 0.25) is 0 Å². The maximum absolute atomic E-state index is 11.8. The summed E-state index contributed by atoms with van der Waals surface area (Å²) >= 11 is 0. The van der Waals surface area contributed by atoms with Gasteiger partial charge in [0.15, 0.2) is 0 Å². The quantitative estimate of drug-likeness (QED) is 0.858. The smallest absolute Gasteiger partial charge is 0.324 e. The Bertz CT molecular complexity index is 627. The summed E-state index contributed by atoms with van der Waals surface area (Å²) < 4.78 is 2.44. The lowest BCUT2D eigenvalue weighted by atomic mass is 10.2. The molecule has 0 spiro atoms. The molecular weight excluding hydrogens is 232 g/mol. The van der Waals surface area contributed by atoms with Crippen LogP contribution in [0.1, 0.15) is 5.56 Å². The zero-order valence-electron chi connectivity index (χ0n) is 10.3. The topological polar surface area (TPSA) is 68.9 Å². The molecule has 94 valence electrons. The van der Waals surface area contributed by atoms with Crippen LogP contribution in [0.4, 0.5) is 5.69 Å². The van der Waals surface area contributed by atoms with Crippen molar-refractivity contribution in [2.24, 2.45) is 7.05 Å². The van der Waals surface area contributed by atoms with E-state index >= 15 is 0 Å². The Balaban J connectivity index is 2.08. The number of rotatable bonds is 3. The lowest BCUT2D eigenvalue weighted by Gasteiger charge is -2.07. The van der Waals surface area contributed by atoms with E-state index in [4.69, 9.17) is 0 Å². The fraction of sp³-hybridized carbons (Fsp3) is 0.250. The van der Waals surface area contributed by atoms with Gasteiger partial charge in [0.05, 0.1) is 0 Å². The molecule has 0 aliphatic heterocycles. The van der Waals surface area contributed by atoms with Gasteiger partial charge in [-0.3, -0.25) is 9.36 Å². The molecule has 1 aromatic carbocycles. The van der Waals surface area contributed by atoms with Crippen LogP contribution in [0.5, 0.6) is 0 Å². The van der Waals surface area contributed by atoms with Crippen molar-refractivity contribution in [2.75, 3.05) is 5.32 Å². The molecule has 0 bridgehead atoms. The van der Waals surface area contributed by atoms with E-state index in [0.717, 1.165) is 15.9 Å². The van der Waals surface area contributed by atoms with Crippen molar-refractivity contribution in [3.8, 4) is 0 Å². The van der Waals surface area contributed by atoms with E-state index in [1.807, 2.05) is 31.2 Å². The minimum atomic E-state index is -0.310. The Hall–Kier alpha value is -2.37. The van der Waals surface area contributed by atoms with Gasteiger partial charge in [0.25, 0.3) is 0 Å². The first-order chi connectivity index (χ1) is 8.58. The highest BCUT2D eigenvalue weighted by molar-refractivity contribution is 5.91. The summed E-state index contributed by atoms with van der Waals surface area (Å²) in [6, 6.07) is 7.46. The molecule has 0 radical (unpaired) electrons. The summed E-state index contributed by atoms with van der Waals surface area (Å²) in [4.78, 5) is 23.3. The van der Waals surface area contributed by atoms with Crippen molar-refractivity contribution >= 4 is 11.6 Å². The molecule has 0 aliphatic carbocycles. The molecular formula is C12H14N4O2. The Kier molecular flexibility index (Phi) is 3.27.